The third-order valence-electron chi connectivity index (χ3n) is 6.96. The normalized spacial score (nSPS) is 32.7. The number of carbonyl (C=O) groups is 1. The first kappa shape index (κ1) is 17.3. The molecule has 3 aromatic rings. The maximum absolute atomic E-state index is 13.0. The van der Waals surface area contributed by atoms with Crippen LogP contribution in [0.15, 0.2) is 28.9 Å². The van der Waals surface area contributed by atoms with E-state index in [1.807, 2.05) is 11.4 Å². The maximum Gasteiger partial charge on any atom is 0.271 e. The van der Waals surface area contributed by atoms with E-state index in [2.05, 4.69) is 25.7 Å². The van der Waals surface area contributed by atoms with Crippen molar-refractivity contribution in [3.8, 4) is 0 Å². The summed E-state index contributed by atoms with van der Waals surface area (Å²) in [5, 5.41) is 17.6. The molecule has 3 aromatic heterocycles. The van der Waals surface area contributed by atoms with Gasteiger partial charge in [0.2, 0.25) is 5.91 Å². The third kappa shape index (κ3) is 2.65. The lowest BCUT2D eigenvalue weighted by molar-refractivity contribution is -0.132. The molecule has 4 fully saturated rings. The first-order valence-corrected chi connectivity index (χ1v) is 10.9. The Morgan fingerprint density at radius 2 is 2.10 bits per heavy atom. The van der Waals surface area contributed by atoms with Gasteiger partial charge in [0.15, 0.2) is 6.33 Å². The molecular weight excluding hydrogens is 390 g/mol. The van der Waals surface area contributed by atoms with Gasteiger partial charge in [0.25, 0.3) is 5.56 Å². The number of tetrazole rings is 1. The van der Waals surface area contributed by atoms with Gasteiger partial charge in [-0.1, -0.05) is 0 Å². The van der Waals surface area contributed by atoms with Crippen molar-refractivity contribution in [3.63, 3.8) is 0 Å². The molecule has 0 spiro atoms. The average Bonchev–Trinajstić information content (AvgIpc) is 3.34. The second kappa shape index (κ2) is 5.94. The average molecular weight is 411 g/mol. The number of amides is 1. The SMILES string of the molecule is O=C(Cn1cnc2ccsc2c1=O)NC12CC3CC(C1)CC(n1ncnn1)(C3)C2. The zero-order chi connectivity index (χ0) is 19.6. The fraction of sp³-hybridized carbons (Fsp3) is 0.579. The van der Waals surface area contributed by atoms with Crippen molar-refractivity contribution in [2.24, 2.45) is 11.8 Å². The molecule has 0 saturated heterocycles. The molecular formula is C19H21N7O2S. The highest BCUT2D eigenvalue weighted by Gasteiger charge is 2.60. The summed E-state index contributed by atoms with van der Waals surface area (Å²) in [6.07, 6.45) is 9.08. The molecule has 4 bridgehead atoms. The van der Waals surface area contributed by atoms with E-state index in [0.717, 1.165) is 32.1 Å². The van der Waals surface area contributed by atoms with E-state index < -0.39 is 0 Å². The van der Waals surface area contributed by atoms with Gasteiger partial charge in [-0.2, -0.15) is 4.80 Å². The van der Waals surface area contributed by atoms with Crippen LogP contribution in [-0.2, 0) is 16.9 Å². The molecule has 2 atom stereocenters. The van der Waals surface area contributed by atoms with Crippen molar-refractivity contribution < 1.29 is 4.79 Å². The van der Waals surface area contributed by atoms with E-state index >= 15 is 0 Å². The van der Waals surface area contributed by atoms with E-state index in [1.54, 1.807) is 4.80 Å². The van der Waals surface area contributed by atoms with Crippen LogP contribution in [0.25, 0.3) is 10.2 Å². The Morgan fingerprint density at radius 3 is 2.86 bits per heavy atom. The topological polar surface area (TPSA) is 108 Å². The van der Waals surface area contributed by atoms with Crippen LogP contribution in [0.5, 0.6) is 0 Å². The van der Waals surface area contributed by atoms with E-state index in [9.17, 15) is 9.59 Å². The maximum atomic E-state index is 13.0. The molecule has 0 aliphatic heterocycles. The number of hydrogen-bond acceptors (Lipinski definition) is 7. The second-order valence-electron chi connectivity index (χ2n) is 9.05. The molecule has 9 nitrogen and oxygen atoms in total. The molecule has 0 aromatic carbocycles. The van der Waals surface area contributed by atoms with Crippen LogP contribution in [-0.4, -0.2) is 41.2 Å². The van der Waals surface area contributed by atoms with Gasteiger partial charge in [0.1, 0.15) is 11.2 Å². The lowest BCUT2D eigenvalue weighted by Gasteiger charge is -2.61. The number of fused-ring (bicyclic) bond motifs is 1. The fourth-order valence-electron chi connectivity index (χ4n) is 6.46. The van der Waals surface area contributed by atoms with Gasteiger partial charge in [0, 0.05) is 5.54 Å². The fourth-order valence-corrected chi connectivity index (χ4v) is 7.25. The number of nitrogens with one attached hydrogen (secondary N) is 1. The van der Waals surface area contributed by atoms with Crippen LogP contribution in [0.3, 0.4) is 0 Å². The van der Waals surface area contributed by atoms with Crippen LogP contribution < -0.4 is 10.9 Å². The molecule has 3 heterocycles. The Balaban J connectivity index is 1.26. The Morgan fingerprint density at radius 1 is 1.28 bits per heavy atom. The Hall–Kier alpha value is -2.62. The Labute approximate surface area is 170 Å². The Kier molecular flexibility index (Phi) is 3.54. The summed E-state index contributed by atoms with van der Waals surface area (Å²) >= 11 is 1.36. The van der Waals surface area contributed by atoms with Gasteiger partial charge in [-0.15, -0.1) is 21.5 Å². The zero-order valence-electron chi connectivity index (χ0n) is 15.8. The van der Waals surface area contributed by atoms with Crippen LogP contribution >= 0.6 is 11.3 Å². The van der Waals surface area contributed by atoms with Crippen LogP contribution in [0, 0.1) is 11.8 Å². The van der Waals surface area contributed by atoms with Crippen molar-refractivity contribution in [1.82, 2.24) is 35.1 Å². The van der Waals surface area contributed by atoms with Crippen molar-refractivity contribution in [1.29, 1.82) is 0 Å². The van der Waals surface area contributed by atoms with E-state index in [0.29, 0.717) is 22.1 Å². The minimum atomic E-state index is -0.251. The van der Waals surface area contributed by atoms with Crippen molar-refractivity contribution >= 4 is 27.5 Å². The number of carbonyl (C=O) groups excluding carboxylic acids is 1. The van der Waals surface area contributed by atoms with E-state index in [1.165, 1.54) is 35.0 Å². The largest absolute Gasteiger partial charge is 0.349 e. The van der Waals surface area contributed by atoms with Crippen molar-refractivity contribution in [2.75, 3.05) is 0 Å². The summed E-state index contributed by atoms with van der Waals surface area (Å²) in [4.78, 5) is 31.7. The number of nitrogens with zero attached hydrogens (tertiary/aromatic N) is 6. The number of hydrogen-bond donors (Lipinski definition) is 1. The van der Waals surface area contributed by atoms with Gasteiger partial charge in [-0.25, -0.2) is 4.98 Å². The summed E-state index contributed by atoms with van der Waals surface area (Å²) in [7, 11) is 0. The predicted molar refractivity (Wildman–Crippen MR) is 105 cm³/mol. The molecule has 1 N–H and O–H groups in total. The minimum Gasteiger partial charge on any atom is -0.349 e. The second-order valence-corrected chi connectivity index (χ2v) is 9.97. The molecule has 150 valence electrons. The summed E-state index contributed by atoms with van der Waals surface area (Å²) in [5.74, 6) is 0.997. The van der Waals surface area contributed by atoms with Crippen LogP contribution in [0.1, 0.15) is 38.5 Å². The number of rotatable bonds is 4. The summed E-state index contributed by atoms with van der Waals surface area (Å²) < 4.78 is 2.00. The smallest absolute Gasteiger partial charge is 0.271 e. The molecule has 29 heavy (non-hydrogen) atoms. The molecule has 0 radical (unpaired) electrons. The van der Waals surface area contributed by atoms with Gasteiger partial charge < -0.3 is 5.32 Å². The van der Waals surface area contributed by atoms with Crippen LogP contribution in [0.2, 0.25) is 0 Å². The molecule has 2 unspecified atom stereocenters. The first-order valence-electron chi connectivity index (χ1n) is 10.0. The standard InChI is InChI=1S/C19H21N7O2S/c27-15(8-25-11-20-14-1-2-29-16(14)17(25)28)23-18-4-12-3-13(5-18)7-19(6-12,9-18)26-22-10-21-24-26/h1-2,10-13H,3-9H2,(H,23,27). The molecule has 4 aliphatic carbocycles. The first-order chi connectivity index (χ1) is 14.0. The summed E-state index contributed by atoms with van der Waals surface area (Å²) in [6, 6.07) is 1.82. The molecule has 4 aliphatic rings. The quantitative estimate of drug-likeness (QED) is 0.694. The summed E-state index contributed by atoms with van der Waals surface area (Å²) in [6.45, 7) is -0.00860. The highest BCUT2D eigenvalue weighted by Crippen LogP contribution is 2.60. The monoisotopic (exact) mass is 411 g/mol. The Bertz CT molecular complexity index is 1140. The van der Waals surface area contributed by atoms with Gasteiger partial charge >= 0.3 is 0 Å². The lowest BCUT2D eigenvalue weighted by Crippen LogP contribution is -2.66. The lowest BCUT2D eigenvalue weighted by atomic mass is 9.50. The van der Waals surface area contributed by atoms with Gasteiger partial charge in [-0.05, 0) is 67.0 Å². The van der Waals surface area contributed by atoms with Crippen molar-refractivity contribution in [3.05, 3.63) is 34.5 Å². The zero-order valence-corrected chi connectivity index (χ0v) is 16.6. The van der Waals surface area contributed by atoms with E-state index in [4.69, 9.17) is 0 Å². The number of aromatic nitrogens is 6. The predicted octanol–water partition coefficient (Wildman–Crippen LogP) is 1.31. The molecule has 10 heteroatoms. The van der Waals surface area contributed by atoms with Gasteiger partial charge in [-0.3, -0.25) is 14.2 Å². The minimum absolute atomic E-state index is 0.00860. The number of thiophene rings is 1. The molecule has 4 saturated carbocycles. The van der Waals surface area contributed by atoms with E-state index in [-0.39, 0.29) is 29.1 Å². The third-order valence-corrected chi connectivity index (χ3v) is 7.85. The van der Waals surface area contributed by atoms with Gasteiger partial charge in [0.05, 0.1) is 17.4 Å². The summed E-state index contributed by atoms with van der Waals surface area (Å²) in [5.41, 5.74) is 0.120. The molecule has 7 rings (SSSR count). The highest BCUT2D eigenvalue weighted by molar-refractivity contribution is 7.17. The van der Waals surface area contributed by atoms with Crippen LogP contribution in [0.4, 0.5) is 0 Å². The highest BCUT2D eigenvalue weighted by atomic mass is 32.1. The van der Waals surface area contributed by atoms with Crippen molar-refractivity contribution in [2.45, 2.75) is 56.1 Å². The molecule has 1 amide bonds.